The number of thiophene rings is 1. The lowest BCUT2D eigenvalue weighted by atomic mass is 9.98. The van der Waals surface area contributed by atoms with Crippen molar-refractivity contribution in [1.82, 2.24) is 5.32 Å². The van der Waals surface area contributed by atoms with Crippen LogP contribution in [-0.2, 0) is 4.74 Å². The van der Waals surface area contributed by atoms with E-state index < -0.39 is 0 Å². The molecule has 1 aliphatic rings. The molecule has 1 aromatic rings. The molecule has 1 fully saturated rings. The topological polar surface area (TPSA) is 21.3 Å². The lowest BCUT2D eigenvalue weighted by Crippen LogP contribution is -2.25. The molecule has 0 aliphatic carbocycles. The fourth-order valence-electron chi connectivity index (χ4n) is 2.27. The van der Waals surface area contributed by atoms with Gasteiger partial charge in [0.05, 0.1) is 6.10 Å². The van der Waals surface area contributed by atoms with Gasteiger partial charge in [0.1, 0.15) is 0 Å². The Balaban J connectivity index is 1.95. The van der Waals surface area contributed by atoms with Crippen LogP contribution in [0, 0.1) is 12.8 Å². The standard InChI is InChI=1S/C13H21NOS/c1-3-6-14-9-11-4-7-15-12(11)13-10(2)5-8-16-13/h5,8,11-12,14H,3-4,6-7,9H2,1-2H3. The second-order valence-corrected chi connectivity index (χ2v) is 5.46. The van der Waals surface area contributed by atoms with Crippen molar-refractivity contribution < 1.29 is 4.74 Å². The van der Waals surface area contributed by atoms with E-state index in [1.165, 1.54) is 23.3 Å². The van der Waals surface area contributed by atoms with Crippen LogP contribution in [0.4, 0.5) is 0 Å². The number of hydrogen-bond acceptors (Lipinski definition) is 3. The van der Waals surface area contributed by atoms with E-state index in [4.69, 9.17) is 4.74 Å². The molecule has 0 radical (unpaired) electrons. The number of aryl methyl sites for hydroxylation is 1. The molecular formula is C13H21NOS. The van der Waals surface area contributed by atoms with E-state index in [-0.39, 0.29) is 0 Å². The third kappa shape index (κ3) is 2.65. The van der Waals surface area contributed by atoms with E-state index in [9.17, 15) is 0 Å². The van der Waals surface area contributed by atoms with Crippen molar-refractivity contribution >= 4 is 11.3 Å². The molecule has 16 heavy (non-hydrogen) atoms. The fraction of sp³-hybridized carbons (Fsp3) is 0.692. The van der Waals surface area contributed by atoms with Crippen LogP contribution in [0.2, 0.25) is 0 Å². The van der Waals surface area contributed by atoms with Gasteiger partial charge >= 0.3 is 0 Å². The molecule has 1 aliphatic heterocycles. The van der Waals surface area contributed by atoms with E-state index >= 15 is 0 Å². The van der Waals surface area contributed by atoms with Gasteiger partial charge in [-0.3, -0.25) is 0 Å². The Morgan fingerprint density at radius 1 is 1.56 bits per heavy atom. The first-order valence-corrected chi connectivity index (χ1v) is 7.07. The van der Waals surface area contributed by atoms with Gasteiger partial charge in [-0.05, 0) is 43.3 Å². The molecular weight excluding hydrogens is 218 g/mol. The van der Waals surface area contributed by atoms with Gasteiger partial charge in [0.2, 0.25) is 0 Å². The zero-order valence-electron chi connectivity index (χ0n) is 10.2. The summed E-state index contributed by atoms with van der Waals surface area (Å²) in [7, 11) is 0. The van der Waals surface area contributed by atoms with Crippen molar-refractivity contribution in [2.75, 3.05) is 19.7 Å². The summed E-state index contributed by atoms with van der Waals surface area (Å²) < 4.78 is 5.89. The number of rotatable bonds is 5. The molecule has 2 unspecified atom stereocenters. The minimum Gasteiger partial charge on any atom is -0.372 e. The molecule has 2 heterocycles. The Labute approximate surface area is 102 Å². The third-order valence-corrected chi connectivity index (χ3v) is 4.29. The van der Waals surface area contributed by atoms with E-state index in [1.807, 2.05) is 11.3 Å². The molecule has 1 aromatic heterocycles. The summed E-state index contributed by atoms with van der Waals surface area (Å²) >= 11 is 1.84. The molecule has 0 amide bonds. The van der Waals surface area contributed by atoms with Gasteiger partial charge < -0.3 is 10.1 Å². The molecule has 0 bridgehead atoms. The van der Waals surface area contributed by atoms with Gasteiger partial charge in [-0.25, -0.2) is 0 Å². The quantitative estimate of drug-likeness (QED) is 0.797. The molecule has 3 heteroatoms. The maximum Gasteiger partial charge on any atom is 0.0960 e. The van der Waals surface area contributed by atoms with E-state index in [2.05, 4.69) is 30.6 Å². The van der Waals surface area contributed by atoms with Crippen molar-refractivity contribution in [3.8, 4) is 0 Å². The van der Waals surface area contributed by atoms with Gasteiger partial charge in [-0.1, -0.05) is 6.92 Å². The Morgan fingerprint density at radius 3 is 3.12 bits per heavy atom. The zero-order chi connectivity index (χ0) is 11.4. The average molecular weight is 239 g/mol. The highest BCUT2D eigenvalue weighted by molar-refractivity contribution is 7.10. The predicted molar refractivity (Wildman–Crippen MR) is 69.0 cm³/mol. The molecule has 2 nitrogen and oxygen atoms in total. The highest BCUT2D eigenvalue weighted by atomic mass is 32.1. The lowest BCUT2D eigenvalue weighted by molar-refractivity contribution is 0.0929. The van der Waals surface area contributed by atoms with Gasteiger partial charge in [0.15, 0.2) is 0 Å². The Kier molecular flexibility index (Phi) is 4.38. The van der Waals surface area contributed by atoms with Crippen molar-refractivity contribution in [1.29, 1.82) is 0 Å². The molecule has 1 N–H and O–H groups in total. The van der Waals surface area contributed by atoms with Crippen LogP contribution in [0.15, 0.2) is 11.4 Å². The summed E-state index contributed by atoms with van der Waals surface area (Å²) in [6.45, 7) is 7.52. The Hall–Kier alpha value is -0.380. The zero-order valence-corrected chi connectivity index (χ0v) is 11.0. The predicted octanol–water partition coefficient (Wildman–Crippen LogP) is 3.13. The van der Waals surface area contributed by atoms with Crippen LogP contribution in [-0.4, -0.2) is 19.7 Å². The van der Waals surface area contributed by atoms with E-state index in [0.29, 0.717) is 12.0 Å². The molecule has 0 aromatic carbocycles. The molecule has 2 rings (SSSR count). The normalized spacial score (nSPS) is 25.1. The Morgan fingerprint density at radius 2 is 2.44 bits per heavy atom. The summed E-state index contributed by atoms with van der Waals surface area (Å²) in [6.07, 6.45) is 2.74. The summed E-state index contributed by atoms with van der Waals surface area (Å²) in [4.78, 5) is 1.43. The third-order valence-electron chi connectivity index (χ3n) is 3.21. The first-order valence-electron chi connectivity index (χ1n) is 6.19. The molecule has 1 saturated heterocycles. The van der Waals surface area contributed by atoms with Crippen LogP contribution in [0.3, 0.4) is 0 Å². The van der Waals surface area contributed by atoms with Gasteiger partial charge in [-0.2, -0.15) is 0 Å². The molecule has 90 valence electrons. The maximum atomic E-state index is 5.89. The van der Waals surface area contributed by atoms with Gasteiger partial charge in [0, 0.05) is 23.9 Å². The van der Waals surface area contributed by atoms with Gasteiger partial charge in [0.25, 0.3) is 0 Å². The van der Waals surface area contributed by atoms with Crippen LogP contribution in [0.1, 0.15) is 36.3 Å². The van der Waals surface area contributed by atoms with Crippen molar-refractivity contribution in [2.45, 2.75) is 32.8 Å². The largest absolute Gasteiger partial charge is 0.372 e. The first kappa shape index (κ1) is 12.1. The maximum absolute atomic E-state index is 5.89. The number of hydrogen-bond donors (Lipinski definition) is 1. The van der Waals surface area contributed by atoms with Crippen LogP contribution in [0.25, 0.3) is 0 Å². The number of nitrogens with one attached hydrogen (secondary N) is 1. The van der Waals surface area contributed by atoms with Crippen molar-refractivity contribution in [3.63, 3.8) is 0 Å². The highest BCUT2D eigenvalue weighted by Crippen LogP contribution is 2.38. The van der Waals surface area contributed by atoms with E-state index in [0.717, 1.165) is 19.7 Å². The smallest absolute Gasteiger partial charge is 0.0960 e. The van der Waals surface area contributed by atoms with Crippen molar-refractivity contribution in [3.05, 3.63) is 21.9 Å². The minimum atomic E-state index is 0.337. The van der Waals surface area contributed by atoms with Gasteiger partial charge in [-0.15, -0.1) is 11.3 Å². The Bertz CT molecular complexity index is 323. The molecule has 2 atom stereocenters. The van der Waals surface area contributed by atoms with Crippen LogP contribution < -0.4 is 5.32 Å². The average Bonchev–Trinajstić information content (AvgIpc) is 2.87. The number of ether oxygens (including phenoxy) is 1. The highest BCUT2D eigenvalue weighted by Gasteiger charge is 2.30. The van der Waals surface area contributed by atoms with E-state index in [1.54, 1.807) is 0 Å². The van der Waals surface area contributed by atoms with Crippen LogP contribution in [0.5, 0.6) is 0 Å². The second-order valence-electron chi connectivity index (χ2n) is 4.51. The second kappa shape index (κ2) is 5.80. The lowest BCUT2D eigenvalue weighted by Gasteiger charge is -2.18. The first-order chi connectivity index (χ1) is 7.83. The summed E-state index contributed by atoms with van der Waals surface area (Å²) in [5.74, 6) is 0.656. The summed E-state index contributed by atoms with van der Waals surface area (Å²) in [5, 5.41) is 5.68. The fourth-order valence-corrected chi connectivity index (χ4v) is 3.34. The van der Waals surface area contributed by atoms with Crippen LogP contribution >= 0.6 is 11.3 Å². The van der Waals surface area contributed by atoms with Crippen molar-refractivity contribution in [2.24, 2.45) is 5.92 Å². The minimum absolute atomic E-state index is 0.337. The summed E-state index contributed by atoms with van der Waals surface area (Å²) in [5.41, 5.74) is 1.39. The summed E-state index contributed by atoms with van der Waals surface area (Å²) in [6, 6.07) is 2.19. The SMILES string of the molecule is CCCNCC1CCOC1c1sccc1C. The molecule has 0 spiro atoms. The monoisotopic (exact) mass is 239 g/mol. The molecule has 0 saturated carbocycles.